The van der Waals surface area contributed by atoms with Gasteiger partial charge < -0.3 is 5.32 Å². The van der Waals surface area contributed by atoms with Gasteiger partial charge >= 0.3 is 0 Å². The first-order valence-electron chi connectivity index (χ1n) is 9.91. The van der Waals surface area contributed by atoms with Gasteiger partial charge in [-0.25, -0.2) is 9.07 Å². The third-order valence-electron chi connectivity index (χ3n) is 5.22. The largest absolute Gasteiger partial charge is 0.346 e. The molecular formula is C23H20FN5O. The normalized spacial score (nSPS) is 13.4. The lowest BCUT2D eigenvalue weighted by Crippen LogP contribution is -2.23. The highest BCUT2D eigenvalue weighted by Gasteiger charge is 2.26. The molecule has 0 unspecified atom stereocenters. The number of carbonyl (C=O) groups excluding carboxylic acids is 1. The van der Waals surface area contributed by atoms with Gasteiger partial charge in [0.25, 0.3) is 5.91 Å². The third kappa shape index (κ3) is 3.74. The topological polar surface area (TPSA) is 75.6 Å². The van der Waals surface area contributed by atoms with Crippen LogP contribution < -0.4 is 5.32 Å². The molecule has 1 saturated carbocycles. The Bertz CT molecular complexity index is 1180. The lowest BCUT2D eigenvalue weighted by molar-refractivity contribution is 0.0946. The standard InChI is InChI=1S/C23H20FN5O/c24-18-10-8-16(9-11-18)22-17(14-29(28-22)19-4-2-1-3-5-19)13-25-23(30)21-12-20(26-27-21)15-6-7-15/h1-5,8-12,14-15H,6-7,13H2,(H,25,30)(H,26,27). The fourth-order valence-corrected chi connectivity index (χ4v) is 3.43. The van der Waals surface area contributed by atoms with E-state index < -0.39 is 0 Å². The van der Waals surface area contributed by atoms with Crippen molar-refractivity contribution in [2.75, 3.05) is 0 Å². The number of halogens is 1. The van der Waals surface area contributed by atoms with Crippen molar-refractivity contribution in [2.24, 2.45) is 0 Å². The molecule has 5 rings (SSSR count). The molecule has 1 aliphatic rings. The highest BCUT2D eigenvalue weighted by molar-refractivity contribution is 5.92. The summed E-state index contributed by atoms with van der Waals surface area (Å²) in [5, 5.41) is 14.7. The van der Waals surface area contributed by atoms with Crippen molar-refractivity contribution >= 4 is 5.91 Å². The number of benzene rings is 2. The minimum Gasteiger partial charge on any atom is -0.346 e. The molecule has 0 saturated heterocycles. The Hall–Kier alpha value is -3.74. The fraction of sp³-hybridized carbons (Fsp3) is 0.174. The maximum atomic E-state index is 13.4. The SMILES string of the molecule is O=C(NCc1cn(-c2ccccc2)nc1-c1ccc(F)cc1)c1cc(C2CC2)[nH]n1. The minimum atomic E-state index is -0.305. The van der Waals surface area contributed by atoms with Crippen molar-refractivity contribution in [1.82, 2.24) is 25.3 Å². The number of hydrogen-bond donors (Lipinski definition) is 2. The molecule has 4 aromatic rings. The predicted octanol–water partition coefficient (Wildman–Crippen LogP) is 4.21. The van der Waals surface area contributed by atoms with E-state index in [0.29, 0.717) is 17.3 Å². The quantitative estimate of drug-likeness (QED) is 0.508. The van der Waals surface area contributed by atoms with Crippen molar-refractivity contribution in [3.63, 3.8) is 0 Å². The van der Waals surface area contributed by atoms with Gasteiger partial charge in [-0.2, -0.15) is 10.2 Å². The number of carbonyl (C=O) groups is 1. The van der Waals surface area contributed by atoms with E-state index in [1.54, 1.807) is 16.8 Å². The molecule has 6 nitrogen and oxygen atoms in total. The van der Waals surface area contributed by atoms with E-state index in [1.165, 1.54) is 12.1 Å². The van der Waals surface area contributed by atoms with Gasteiger partial charge in [0.2, 0.25) is 0 Å². The number of nitrogens with one attached hydrogen (secondary N) is 2. The average molecular weight is 401 g/mol. The van der Waals surface area contributed by atoms with Crippen molar-refractivity contribution < 1.29 is 9.18 Å². The summed E-state index contributed by atoms with van der Waals surface area (Å²) in [5.74, 6) is -0.0370. The Morgan fingerprint density at radius 1 is 1.13 bits per heavy atom. The molecule has 150 valence electrons. The van der Waals surface area contributed by atoms with Crippen molar-refractivity contribution in [3.05, 3.63) is 89.6 Å². The molecule has 2 aromatic carbocycles. The second-order valence-corrected chi connectivity index (χ2v) is 7.46. The first-order valence-corrected chi connectivity index (χ1v) is 9.91. The predicted molar refractivity (Wildman–Crippen MR) is 111 cm³/mol. The number of amides is 1. The maximum absolute atomic E-state index is 13.4. The molecule has 1 aliphatic carbocycles. The summed E-state index contributed by atoms with van der Waals surface area (Å²) in [5.41, 5.74) is 4.61. The molecular weight excluding hydrogens is 381 g/mol. The Morgan fingerprint density at radius 2 is 1.90 bits per heavy atom. The summed E-state index contributed by atoms with van der Waals surface area (Å²) < 4.78 is 15.1. The molecule has 30 heavy (non-hydrogen) atoms. The van der Waals surface area contributed by atoms with Gasteiger partial charge in [0.05, 0.1) is 11.4 Å². The zero-order valence-corrected chi connectivity index (χ0v) is 16.2. The summed E-state index contributed by atoms with van der Waals surface area (Å²) in [4.78, 5) is 12.6. The van der Waals surface area contributed by atoms with E-state index in [9.17, 15) is 9.18 Å². The van der Waals surface area contributed by atoms with Gasteiger partial charge in [-0.3, -0.25) is 9.89 Å². The highest BCUT2D eigenvalue weighted by Crippen LogP contribution is 2.39. The van der Waals surface area contributed by atoms with Crippen LogP contribution in [-0.2, 0) is 6.54 Å². The van der Waals surface area contributed by atoms with Crippen molar-refractivity contribution in [2.45, 2.75) is 25.3 Å². The third-order valence-corrected chi connectivity index (χ3v) is 5.22. The Labute approximate surface area is 172 Å². The number of H-pyrrole nitrogens is 1. The van der Waals surface area contributed by atoms with Crippen LogP contribution in [0, 0.1) is 5.82 Å². The zero-order valence-electron chi connectivity index (χ0n) is 16.2. The molecule has 1 amide bonds. The van der Waals surface area contributed by atoms with E-state index in [1.807, 2.05) is 42.6 Å². The monoisotopic (exact) mass is 401 g/mol. The van der Waals surface area contributed by atoms with Crippen LogP contribution in [0.3, 0.4) is 0 Å². The summed E-state index contributed by atoms with van der Waals surface area (Å²) in [6.07, 6.45) is 4.17. The Balaban J connectivity index is 1.41. The molecule has 0 atom stereocenters. The fourth-order valence-electron chi connectivity index (χ4n) is 3.43. The van der Waals surface area contributed by atoms with Crippen LogP contribution in [-0.4, -0.2) is 25.9 Å². The molecule has 0 radical (unpaired) electrons. The van der Waals surface area contributed by atoms with E-state index >= 15 is 0 Å². The second kappa shape index (κ2) is 7.59. The number of aromatic nitrogens is 4. The van der Waals surface area contributed by atoms with Gasteiger partial charge in [-0.05, 0) is 55.3 Å². The van der Waals surface area contributed by atoms with E-state index in [-0.39, 0.29) is 18.3 Å². The van der Waals surface area contributed by atoms with Crippen LogP contribution in [0.1, 0.15) is 40.5 Å². The van der Waals surface area contributed by atoms with E-state index in [4.69, 9.17) is 0 Å². The second-order valence-electron chi connectivity index (χ2n) is 7.46. The van der Waals surface area contributed by atoms with Gasteiger partial charge in [0, 0.05) is 35.5 Å². The van der Waals surface area contributed by atoms with Crippen molar-refractivity contribution in [3.8, 4) is 16.9 Å². The van der Waals surface area contributed by atoms with Crippen LogP contribution in [0.4, 0.5) is 4.39 Å². The first kappa shape index (κ1) is 18.3. The van der Waals surface area contributed by atoms with E-state index in [2.05, 4.69) is 20.6 Å². The number of rotatable bonds is 6. The van der Waals surface area contributed by atoms with Crippen LogP contribution in [0.25, 0.3) is 16.9 Å². The molecule has 2 aromatic heterocycles. The Kier molecular flexibility index (Phi) is 4.63. The molecule has 1 fully saturated rings. The minimum absolute atomic E-state index is 0.240. The molecule has 0 spiro atoms. The number of nitrogens with zero attached hydrogens (tertiary/aromatic N) is 3. The Morgan fingerprint density at radius 3 is 2.63 bits per heavy atom. The van der Waals surface area contributed by atoms with E-state index in [0.717, 1.165) is 35.3 Å². The number of para-hydroxylation sites is 1. The lowest BCUT2D eigenvalue weighted by Gasteiger charge is -2.04. The van der Waals surface area contributed by atoms with Crippen molar-refractivity contribution in [1.29, 1.82) is 0 Å². The van der Waals surface area contributed by atoms with Gasteiger partial charge in [-0.1, -0.05) is 18.2 Å². The molecule has 0 aliphatic heterocycles. The first-order chi connectivity index (χ1) is 14.7. The number of hydrogen-bond acceptors (Lipinski definition) is 3. The van der Waals surface area contributed by atoms with Crippen LogP contribution in [0.5, 0.6) is 0 Å². The lowest BCUT2D eigenvalue weighted by atomic mass is 10.1. The van der Waals surface area contributed by atoms with Gasteiger partial charge in [-0.15, -0.1) is 0 Å². The zero-order chi connectivity index (χ0) is 20.5. The number of aromatic amines is 1. The smallest absolute Gasteiger partial charge is 0.272 e. The molecule has 2 heterocycles. The van der Waals surface area contributed by atoms with Gasteiger partial charge in [0.15, 0.2) is 0 Å². The highest BCUT2D eigenvalue weighted by atomic mass is 19.1. The summed E-state index contributed by atoms with van der Waals surface area (Å²) >= 11 is 0. The van der Waals surface area contributed by atoms with Crippen LogP contribution in [0.15, 0.2) is 66.9 Å². The average Bonchev–Trinajstić information content (AvgIpc) is 3.35. The maximum Gasteiger partial charge on any atom is 0.272 e. The van der Waals surface area contributed by atoms with Crippen LogP contribution in [0.2, 0.25) is 0 Å². The van der Waals surface area contributed by atoms with Crippen LogP contribution >= 0.6 is 0 Å². The molecule has 0 bridgehead atoms. The molecule has 2 N–H and O–H groups in total. The summed E-state index contributed by atoms with van der Waals surface area (Å²) in [6, 6.07) is 17.7. The molecule has 7 heteroatoms. The summed E-state index contributed by atoms with van der Waals surface area (Å²) in [7, 11) is 0. The van der Waals surface area contributed by atoms with Gasteiger partial charge in [0.1, 0.15) is 11.5 Å². The summed E-state index contributed by atoms with van der Waals surface area (Å²) in [6.45, 7) is 0.282.